The van der Waals surface area contributed by atoms with E-state index in [0.29, 0.717) is 6.42 Å². The van der Waals surface area contributed by atoms with Gasteiger partial charge in [0.25, 0.3) is 0 Å². The highest BCUT2D eigenvalue weighted by molar-refractivity contribution is 5.84. The Morgan fingerprint density at radius 2 is 1.84 bits per heavy atom. The molecule has 1 amide bonds. The minimum Gasteiger partial charge on any atom is -0.464 e. The molecule has 0 saturated heterocycles. The van der Waals surface area contributed by atoms with Gasteiger partial charge in [-0.05, 0) is 25.0 Å². The first-order valence-electron chi connectivity index (χ1n) is 8.17. The van der Waals surface area contributed by atoms with Crippen molar-refractivity contribution in [2.45, 2.75) is 39.5 Å². The van der Waals surface area contributed by atoms with Gasteiger partial charge in [0.05, 0.1) is 13.2 Å². The van der Waals surface area contributed by atoms with Crippen molar-refractivity contribution in [2.75, 3.05) is 27.4 Å². The predicted octanol–water partition coefficient (Wildman–Crippen LogP) is 2.46. The molecule has 0 heterocycles. The third-order valence-corrected chi connectivity index (χ3v) is 3.86. The zero-order valence-electron chi connectivity index (χ0n) is 15.4. The number of hydrogen-bond donors (Lipinski definition) is 0. The second-order valence-electron chi connectivity index (χ2n) is 5.44. The summed E-state index contributed by atoms with van der Waals surface area (Å²) >= 11 is 0. The lowest BCUT2D eigenvalue weighted by molar-refractivity contribution is -0.163. The number of ether oxygens (including phenoxy) is 3. The standard InChI is InChI=1S/C18H26FNO5/c1-6-13-8-9-15(19)14(10-13)17(18(22)25-7-2)20(12(3)21)11-16(23-4)24-5/h8-10,16-17H,6-7,11H2,1-5H3. The maximum absolute atomic E-state index is 14.5. The molecule has 0 bridgehead atoms. The molecule has 1 atom stereocenters. The number of methoxy groups -OCH3 is 2. The normalized spacial score (nSPS) is 12.1. The Bertz CT molecular complexity index is 589. The fraction of sp³-hybridized carbons (Fsp3) is 0.556. The fourth-order valence-corrected chi connectivity index (χ4v) is 2.49. The third kappa shape index (κ3) is 5.51. The average Bonchev–Trinajstić information content (AvgIpc) is 2.59. The molecule has 1 aromatic carbocycles. The SMILES string of the molecule is CCOC(=O)C(c1cc(CC)ccc1F)N(CC(OC)OC)C(C)=O. The number of benzene rings is 1. The quantitative estimate of drug-likeness (QED) is 0.503. The summed E-state index contributed by atoms with van der Waals surface area (Å²) in [5, 5.41) is 0. The number of esters is 1. The number of carbonyl (C=O) groups is 2. The van der Waals surface area contributed by atoms with Crippen LogP contribution < -0.4 is 0 Å². The minimum atomic E-state index is -1.21. The molecule has 0 aromatic heterocycles. The molecule has 0 aliphatic rings. The van der Waals surface area contributed by atoms with Gasteiger partial charge in [0, 0.05) is 26.7 Å². The van der Waals surface area contributed by atoms with Crippen LogP contribution in [0.25, 0.3) is 0 Å². The second kappa shape index (κ2) is 10.1. The van der Waals surface area contributed by atoms with E-state index < -0.39 is 30.0 Å². The number of halogens is 1. The Balaban J connectivity index is 3.39. The predicted molar refractivity (Wildman–Crippen MR) is 90.3 cm³/mol. The Morgan fingerprint density at radius 1 is 1.20 bits per heavy atom. The lowest BCUT2D eigenvalue weighted by Gasteiger charge is -2.32. The van der Waals surface area contributed by atoms with E-state index in [0.717, 1.165) is 5.56 Å². The highest BCUT2D eigenvalue weighted by Crippen LogP contribution is 2.27. The molecule has 25 heavy (non-hydrogen) atoms. The Kier molecular flexibility index (Phi) is 8.51. The molecule has 0 saturated carbocycles. The highest BCUT2D eigenvalue weighted by atomic mass is 19.1. The number of nitrogens with zero attached hydrogens (tertiary/aromatic N) is 1. The van der Waals surface area contributed by atoms with Gasteiger partial charge in [0.1, 0.15) is 5.82 Å². The third-order valence-electron chi connectivity index (χ3n) is 3.86. The number of aryl methyl sites for hydroxylation is 1. The molecular formula is C18H26FNO5. The monoisotopic (exact) mass is 355 g/mol. The molecule has 6 nitrogen and oxygen atoms in total. The number of carbonyl (C=O) groups excluding carboxylic acids is 2. The topological polar surface area (TPSA) is 65.1 Å². The molecule has 1 unspecified atom stereocenters. The van der Waals surface area contributed by atoms with Gasteiger partial charge in [-0.25, -0.2) is 9.18 Å². The Morgan fingerprint density at radius 3 is 2.32 bits per heavy atom. The van der Waals surface area contributed by atoms with Crippen LogP contribution >= 0.6 is 0 Å². The molecule has 0 radical (unpaired) electrons. The number of amides is 1. The molecule has 0 N–H and O–H groups in total. The van der Waals surface area contributed by atoms with Crippen LogP contribution in [-0.2, 0) is 30.2 Å². The van der Waals surface area contributed by atoms with E-state index in [2.05, 4.69) is 0 Å². The van der Waals surface area contributed by atoms with Crippen molar-refractivity contribution >= 4 is 11.9 Å². The zero-order valence-corrected chi connectivity index (χ0v) is 15.4. The van der Waals surface area contributed by atoms with Crippen molar-refractivity contribution in [1.82, 2.24) is 4.90 Å². The molecule has 140 valence electrons. The molecular weight excluding hydrogens is 329 g/mol. The Hall–Kier alpha value is -1.99. The van der Waals surface area contributed by atoms with Gasteiger partial charge >= 0.3 is 5.97 Å². The van der Waals surface area contributed by atoms with E-state index in [-0.39, 0.29) is 18.7 Å². The minimum absolute atomic E-state index is 0.0401. The fourth-order valence-electron chi connectivity index (χ4n) is 2.49. The smallest absolute Gasteiger partial charge is 0.333 e. The summed E-state index contributed by atoms with van der Waals surface area (Å²) in [6.07, 6.45) is -0.0833. The van der Waals surface area contributed by atoms with E-state index in [1.54, 1.807) is 19.1 Å². The largest absolute Gasteiger partial charge is 0.464 e. The number of rotatable bonds is 9. The molecule has 0 fully saturated rings. The molecule has 1 rings (SSSR count). The van der Waals surface area contributed by atoms with Crippen molar-refractivity contribution < 1.29 is 28.2 Å². The summed E-state index contributed by atoms with van der Waals surface area (Å²) in [5.41, 5.74) is 0.947. The molecule has 0 aliphatic carbocycles. The van der Waals surface area contributed by atoms with Gasteiger partial charge in [0.15, 0.2) is 12.3 Å². The average molecular weight is 355 g/mol. The first-order chi connectivity index (χ1) is 11.9. The lowest BCUT2D eigenvalue weighted by Crippen LogP contribution is -2.44. The molecule has 1 aromatic rings. The van der Waals surface area contributed by atoms with Crippen LogP contribution in [0.2, 0.25) is 0 Å². The van der Waals surface area contributed by atoms with Crippen molar-refractivity contribution in [3.8, 4) is 0 Å². The lowest BCUT2D eigenvalue weighted by atomic mass is 10.0. The first-order valence-corrected chi connectivity index (χ1v) is 8.17. The van der Waals surface area contributed by atoms with Gasteiger partial charge < -0.3 is 19.1 Å². The second-order valence-corrected chi connectivity index (χ2v) is 5.44. The van der Waals surface area contributed by atoms with Gasteiger partial charge in [-0.2, -0.15) is 0 Å². The van der Waals surface area contributed by atoms with Crippen LogP contribution in [0.4, 0.5) is 4.39 Å². The summed E-state index contributed by atoms with van der Waals surface area (Å²) < 4.78 is 29.8. The van der Waals surface area contributed by atoms with E-state index in [4.69, 9.17) is 14.2 Å². The maximum Gasteiger partial charge on any atom is 0.333 e. The maximum atomic E-state index is 14.5. The van der Waals surface area contributed by atoms with Crippen LogP contribution in [0, 0.1) is 5.82 Å². The summed E-state index contributed by atoms with van der Waals surface area (Å²) in [5.74, 6) is -1.69. The van der Waals surface area contributed by atoms with E-state index in [1.807, 2.05) is 6.92 Å². The van der Waals surface area contributed by atoms with Gasteiger partial charge in [-0.3, -0.25) is 4.79 Å². The van der Waals surface area contributed by atoms with E-state index >= 15 is 0 Å². The molecule has 0 spiro atoms. The van der Waals surface area contributed by atoms with Gasteiger partial charge in [0.2, 0.25) is 5.91 Å². The van der Waals surface area contributed by atoms with E-state index in [1.165, 1.54) is 32.1 Å². The van der Waals surface area contributed by atoms with Crippen LogP contribution in [0.3, 0.4) is 0 Å². The van der Waals surface area contributed by atoms with Crippen molar-refractivity contribution in [2.24, 2.45) is 0 Å². The highest BCUT2D eigenvalue weighted by Gasteiger charge is 2.34. The summed E-state index contributed by atoms with van der Waals surface area (Å²) in [4.78, 5) is 25.9. The van der Waals surface area contributed by atoms with Crippen molar-refractivity contribution in [3.63, 3.8) is 0 Å². The summed E-state index contributed by atoms with van der Waals surface area (Å²) in [6.45, 7) is 4.95. The molecule has 0 aliphatic heterocycles. The summed E-state index contributed by atoms with van der Waals surface area (Å²) in [7, 11) is 2.84. The van der Waals surface area contributed by atoms with Crippen LogP contribution in [0.5, 0.6) is 0 Å². The molecule has 7 heteroatoms. The van der Waals surface area contributed by atoms with Crippen molar-refractivity contribution in [1.29, 1.82) is 0 Å². The summed E-state index contributed by atoms with van der Waals surface area (Å²) in [6, 6.07) is 3.31. The zero-order chi connectivity index (χ0) is 19.0. The van der Waals surface area contributed by atoms with Crippen LogP contribution in [-0.4, -0.2) is 50.4 Å². The van der Waals surface area contributed by atoms with Crippen LogP contribution in [0.1, 0.15) is 37.9 Å². The van der Waals surface area contributed by atoms with Crippen molar-refractivity contribution in [3.05, 3.63) is 35.1 Å². The van der Waals surface area contributed by atoms with Gasteiger partial charge in [-0.1, -0.05) is 19.1 Å². The van der Waals surface area contributed by atoms with Crippen LogP contribution in [0.15, 0.2) is 18.2 Å². The number of hydrogen-bond acceptors (Lipinski definition) is 5. The first kappa shape index (κ1) is 21.1. The Labute approximate surface area is 147 Å². The van der Waals surface area contributed by atoms with Gasteiger partial charge in [-0.15, -0.1) is 0 Å². The van der Waals surface area contributed by atoms with E-state index in [9.17, 15) is 14.0 Å².